The largest absolute Gasteiger partial charge is 0.481 e. The number of methoxy groups -OCH3 is 1. The predicted molar refractivity (Wildman–Crippen MR) is 73.4 cm³/mol. The van der Waals surface area contributed by atoms with Gasteiger partial charge in [-0.15, -0.1) is 0 Å². The minimum absolute atomic E-state index is 0.0278. The van der Waals surface area contributed by atoms with Crippen LogP contribution in [0.1, 0.15) is 44.9 Å². The number of aliphatic carboxylic acids is 1. The molecular formula is C14H23NO6. The standard InChI is InChI=1S/C14H23NO6/c1-21-13(20)10(16)9-15-11(17)7-14(8-12(18)19)5-3-2-4-6-14/h10,16H,2-9H2,1H3,(H,15,17)(H,18,19). The molecule has 3 N–H and O–H groups in total. The zero-order valence-electron chi connectivity index (χ0n) is 12.3. The van der Waals surface area contributed by atoms with Crippen molar-refractivity contribution in [1.29, 1.82) is 0 Å². The highest BCUT2D eigenvalue weighted by atomic mass is 16.5. The van der Waals surface area contributed by atoms with Crippen molar-refractivity contribution in [3.8, 4) is 0 Å². The van der Waals surface area contributed by atoms with Gasteiger partial charge in [-0.2, -0.15) is 0 Å². The van der Waals surface area contributed by atoms with Crippen molar-refractivity contribution in [2.45, 2.75) is 51.0 Å². The van der Waals surface area contributed by atoms with Gasteiger partial charge in [0.2, 0.25) is 5.91 Å². The molecular weight excluding hydrogens is 278 g/mol. The first-order valence-electron chi connectivity index (χ1n) is 7.13. The fraction of sp³-hybridized carbons (Fsp3) is 0.786. The Morgan fingerprint density at radius 1 is 1.19 bits per heavy atom. The van der Waals surface area contributed by atoms with Crippen molar-refractivity contribution in [1.82, 2.24) is 5.32 Å². The molecule has 0 aromatic rings. The fourth-order valence-electron chi connectivity index (χ4n) is 2.87. The number of aliphatic hydroxyl groups is 1. The summed E-state index contributed by atoms with van der Waals surface area (Å²) in [6, 6.07) is 0. The summed E-state index contributed by atoms with van der Waals surface area (Å²) in [4.78, 5) is 34.0. The van der Waals surface area contributed by atoms with E-state index < -0.39 is 23.5 Å². The van der Waals surface area contributed by atoms with E-state index >= 15 is 0 Å². The maximum Gasteiger partial charge on any atom is 0.336 e. The molecule has 7 nitrogen and oxygen atoms in total. The Kier molecular flexibility index (Phi) is 6.61. The molecule has 1 rings (SSSR count). The molecule has 1 aliphatic rings. The van der Waals surface area contributed by atoms with Gasteiger partial charge in [0.25, 0.3) is 0 Å². The average Bonchev–Trinajstić information content (AvgIpc) is 2.43. The summed E-state index contributed by atoms with van der Waals surface area (Å²) in [5.74, 6) is -2.06. The average molecular weight is 301 g/mol. The van der Waals surface area contributed by atoms with E-state index in [0.29, 0.717) is 12.8 Å². The molecule has 0 saturated heterocycles. The third-order valence-corrected chi connectivity index (χ3v) is 3.94. The minimum Gasteiger partial charge on any atom is -0.481 e. The van der Waals surface area contributed by atoms with E-state index in [2.05, 4.69) is 10.1 Å². The predicted octanol–water partition coefficient (Wildman–Crippen LogP) is 0.452. The summed E-state index contributed by atoms with van der Waals surface area (Å²) in [6.45, 7) is -0.228. The van der Waals surface area contributed by atoms with Crippen LogP contribution in [0, 0.1) is 5.41 Å². The first-order valence-corrected chi connectivity index (χ1v) is 7.13. The number of hydrogen-bond acceptors (Lipinski definition) is 5. The molecule has 120 valence electrons. The van der Waals surface area contributed by atoms with E-state index in [1.807, 2.05) is 0 Å². The van der Waals surface area contributed by atoms with Crippen LogP contribution in [0.2, 0.25) is 0 Å². The van der Waals surface area contributed by atoms with E-state index in [-0.39, 0.29) is 25.3 Å². The number of amides is 1. The van der Waals surface area contributed by atoms with Crippen LogP contribution in [-0.2, 0) is 19.1 Å². The van der Waals surface area contributed by atoms with E-state index in [4.69, 9.17) is 5.11 Å². The number of esters is 1. The van der Waals surface area contributed by atoms with Gasteiger partial charge >= 0.3 is 11.9 Å². The van der Waals surface area contributed by atoms with Crippen LogP contribution < -0.4 is 5.32 Å². The molecule has 21 heavy (non-hydrogen) atoms. The smallest absolute Gasteiger partial charge is 0.336 e. The van der Waals surface area contributed by atoms with E-state index in [9.17, 15) is 19.5 Å². The second kappa shape index (κ2) is 7.97. The minimum atomic E-state index is -1.40. The Morgan fingerprint density at radius 3 is 2.33 bits per heavy atom. The van der Waals surface area contributed by atoms with Crippen LogP contribution in [0.25, 0.3) is 0 Å². The Hall–Kier alpha value is -1.63. The molecule has 0 heterocycles. The normalized spacial score (nSPS) is 18.6. The lowest BCUT2D eigenvalue weighted by Crippen LogP contribution is -2.40. The van der Waals surface area contributed by atoms with Gasteiger partial charge in [-0.25, -0.2) is 4.79 Å². The third-order valence-electron chi connectivity index (χ3n) is 3.94. The van der Waals surface area contributed by atoms with Crippen molar-refractivity contribution in [2.24, 2.45) is 5.41 Å². The first kappa shape index (κ1) is 17.4. The van der Waals surface area contributed by atoms with Crippen LogP contribution in [0.3, 0.4) is 0 Å². The second-order valence-electron chi connectivity index (χ2n) is 5.65. The van der Waals surface area contributed by atoms with Gasteiger partial charge < -0.3 is 20.3 Å². The van der Waals surface area contributed by atoms with E-state index in [0.717, 1.165) is 26.4 Å². The van der Waals surface area contributed by atoms with E-state index in [1.165, 1.54) is 0 Å². The number of carboxylic acid groups (broad SMARTS) is 1. The number of hydrogen-bond donors (Lipinski definition) is 3. The van der Waals surface area contributed by atoms with Crippen LogP contribution in [0.4, 0.5) is 0 Å². The highest BCUT2D eigenvalue weighted by Gasteiger charge is 2.36. The molecule has 0 spiro atoms. The van der Waals surface area contributed by atoms with Crippen LogP contribution >= 0.6 is 0 Å². The summed E-state index contributed by atoms with van der Waals surface area (Å²) < 4.78 is 4.35. The molecule has 1 atom stereocenters. The van der Waals surface area contributed by atoms with Crippen LogP contribution in [-0.4, -0.2) is 47.8 Å². The van der Waals surface area contributed by atoms with Gasteiger partial charge in [0.15, 0.2) is 6.10 Å². The maximum absolute atomic E-state index is 11.9. The van der Waals surface area contributed by atoms with Crippen LogP contribution in [0.15, 0.2) is 0 Å². The van der Waals surface area contributed by atoms with Crippen LogP contribution in [0.5, 0.6) is 0 Å². The monoisotopic (exact) mass is 301 g/mol. The summed E-state index contributed by atoms with van der Waals surface area (Å²) in [7, 11) is 1.15. The Labute approximate surface area is 123 Å². The molecule has 0 aromatic heterocycles. The maximum atomic E-state index is 11.9. The van der Waals surface area contributed by atoms with E-state index in [1.54, 1.807) is 0 Å². The molecule has 1 amide bonds. The topological polar surface area (TPSA) is 113 Å². The number of rotatable bonds is 7. The first-order chi connectivity index (χ1) is 9.88. The molecule has 7 heteroatoms. The van der Waals surface area contributed by atoms with Gasteiger partial charge in [-0.1, -0.05) is 19.3 Å². The van der Waals surface area contributed by atoms with Crippen molar-refractivity contribution < 1.29 is 29.3 Å². The number of nitrogens with one attached hydrogen (secondary N) is 1. The Balaban J connectivity index is 2.52. The Bertz CT molecular complexity index is 389. The lowest BCUT2D eigenvalue weighted by molar-refractivity contribution is -0.150. The van der Waals surface area contributed by atoms with Gasteiger partial charge in [0.1, 0.15) is 0 Å². The second-order valence-corrected chi connectivity index (χ2v) is 5.65. The fourth-order valence-corrected chi connectivity index (χ4v) is 2.87. The number of carbonyl (C=O) groups is 3. The number of carbonyl (C=O) groups excluding carboxylic acids is 2. The van der Waals surface area contributed by atoms with Crippen molar-refractivity contribution >= 4 is 17.8 Å². The quantitative estimate of drug-likeness (QED) is 0.588. The van der Waals surface area contributed by atoms with Crippen molar-refractivity contribution in [3.05, 3.63) is 0 Å². The zero-order valence-corrected chi connectivity index (χ0v) is 12.3. The Morgan fingerprint density at radius 2 is 1.81 bits per heavy atom. The number of carboxylic acids is 1. The lowest BCUT2D eigenvalue weighted by Gasteiger charge is -2.35. The summed E-state index contributed by atoms with van der Waals surface area (Å²) in [5.41, 5.74) is -0.510. The molecule has 1 fully saturated rings. The van der Waals surface area contributed by atoms with Gasteiger partial charge in [0, 0.05) is 6.42 Å². The molecule has 1 saturated carbocycles. The SMILES string of the molecule is COC(=O)C(O)CNC(=O)CC1(CC(=O)O)CCCCC1. The molecule has 0 bridgehead atoms. The molecule has 0 aromatic carbocycles. The summed E-state index contributed by atoms with van der Waals surface area (Å²) >= 11 is 0. The van der Waals surface area contributed by atoms with Crippen molar-refractivity contribution in [3.63, 3.8) is 0 Å². The molecule has 0 radical (unpaired) electrons. The summed E-state index contributed by atoms with van der Waals surface area (Å²) in [6.07, 6.45) is 3.01. The molecule has 0 aliphatic heterocycles. The highest BCUT2D eigenvalue weighted by molar-refractivity contribution is 5.80. The van der Waals surface area contributed by atoms with Gasteiger partial charge in [-0.3, -0.25) is 9.59 Å². The van der Waals surface area contributed by atoms with Crippen molar-refractivity contribution in [2.75, 3.05) is 13.7 Å². The third kappa shape index (κ3) is 5.71. The van der Waals surface area contributed by atoms with Gasteiger partial charge in [0.05, 0.1) is 20.1 Å². The lowest BCUT2D eigenvalue weighted by atomic mass is 9.69. The molecule has 1 unspecified atom stereocenters. The zero-order chi connectivity index (χ0) is 15.9. The summed E-state index contributed by atoms with van der Waals surface area (Å²) in [5, 5.41) is 20.9. The number of aliphatic hydroxyl groups excluding tert-OH is 1. The number of ether oxygens (including phenoxy) is 1. The molecule has 1 aliphatic carbocycles. The highest BCUT2D eigenvalue weighted by Crippen LogP contribution is 2.42. The van der Waals surface area contributed by atoms with Gasteiger partial charge in [-0.05, 0) is 18.3 Å².